The molecule has 3 rings (SSSR count). The van der Waals surface area contributed by atoms with Crippen LogP contribution in [0.3, 0.4) is 0 Å². The second-order valence-corrected chi connectivity index (χ2v) is 5.78. The van der Waals surface area contributed by atoms with E-state index < -0.39 is 12.1 Å². The molecule has 1 aliphatic rings. The highest BCUT2D eigenvalue weighted by atomic mass is 16.5. The minimum absolute atomic E-state index is 0.00915. The average Bonchev–Trinajstić information content (AvgIpc) is 2.60. The molecule has 0 radical (unpaired) electrons. The highest BCUT2D eigenvalue weighted by Gasteiger charge is 2.35. The number of ether oxygens (including phenoxy) is 1. The molecule has 1 unspecified atom stereocenters. The molecular weight excluding hydrogens is 322 g/mol. The van der Waals surface area contributed by atoms with Crippen molar-refractivity contribution in [3.05, 3.63) is 59.7 Å². The SMILES string of the molecule is CC(=O)c1ccc2c(c1)N(CCC(=O)O)C(=O)C(c1ccccc1)O2. The molecule has 0 bridgehead atoms. The first kappa shape index (κ1) is 16.7. The Kier molecular flexibility index (Phi) is 4.52. The molecule has 0 saturated carbocycles. The third-order valence-electron chi connectivity index (χ3n) is 4.04. The lowest BCUT2D eigenvalue weighted by Gasteiger charge is -2.34. The number of hydrogen-bond donors (Lipinski definition) is 1. The number of amides is 1. The molecule has 0 aromatic heterocycles. The van der Waals surface area contributed by atoms with E-state index in [1.165, 1.54) is 11.8 Å². The lowest BCUT2D eigenvalue weighted by atomic mass is 10.0. The normalized spacial score (nSPS) is 16.1. The first-order valence-electron chi connectivity index (χ1n) is 7.87. The number of benzene rings is 2. The van der Waals surface area contributed by atoms with Crippen molar-refractivity contribution in [1.82, 2.24) is 0 Å². The third-order valence-corrected chi connectivity index (χ3v) is 4.04. The summed E-state index contributed by atoms with van der Waals surface area (Å²) in [5.41, 5.74) is 1.55. The van der Waals surface area contributed by atoms with Crippen molar-refractivity contribution in [2.45, 2.75) is 19.4 Å². The zero-order valence-corrected chi connectivity index (χ0v) is 13.6. The molecule has 1 N–H and O–H groups in total. The molecule has 1 aliphatic heterocycles. The Bertz CT molecular complexity index is 831. The highest BCUT2D eigenvalue weighted by molar-refractivity contribution is 6.03. The van der Waals surface area contributed by atoms with Crippen LogP contribution in [-0.2, 0) is 9.59 Å². The number of carbonyl (C=O) groups excluding carboxylic acids is 2. The van der Waals surface area contributed by atoms with Crippen LogP contribution < -0.4 is 9.64 Å². The molecule has 1 heterocycles. The first-order valence-corrected chi connectivity index (χ1v) is 7.87. The van der Waals surface area contributed by atoms with Gasteiger partial charge in [0, 0.05) is 17.7 Å². The molecule has 0 spiro atoms. The van der Waals surface area contributed by atoms with Gasteiger partial charge < -0.3 is 14.7 Å². The van der Waals surface area contributed by atoms with Crippen molar-refractivity contribution in [1.29, 1.82) is 0 Å². The molecule has 0 saturated heterocycles. The van der Waals surface area contributed by atoms with Crippen molar-refractivity contribution < 1.29 is 24.2 Å². The highest BCUT2D eigenvalue weighted by Crippen LogP contribution is 2.39. The van der Waals surface area contributed by atoms with E-state index in [0.29, 0.717) is 22.6 Å². The van der Waals surface area contributed by atoms with Crippen molar-refractivity contribution >= 4 is 23.3 Å². The molecule has 2 aromatic carbocycles. The fourth-order valence-electron chi connectivity index (χ4n) is 2.76. The summed E-state index contributed by atoms with van der Waals surface area (Å²) in [6, 6.07) is 13.9. The van der Waals surface area contributed by atoms with Crippen LogP contribution in [0, 0.1) is 0 Å². The van der Waals surface area contributed by atoms with Gasteiger partial charge in [0.1, 0.15) is 5.75 Å². The smallest absolute Gasteiger partial charge is 0.305 e. The van der Waals surface area contributed by atoms with Gasteiger partial charge in [0.05, 0.1) is 12.1 Å². The van der Waals surface area contributed by atoms with Crippen LogP contribution >= 0.6 is 0 Å². The second-order valence-electron chi connectivity index (χ2n) is 5.78. The van der Waals surface area contributed by atoms with Gasteiger partial charge in [-0.05, 0) is 25.1 Å². The van der Waals surface area contributed by atoms with E-state index in [9.17, 15) is 14.4 Å². The quantitative estimate of drug-likeness (QED) is 0.847. The molecule has 6 heteroatoms. The number of carboxylic acids is 1. The van der Waals surface area contributed by atoms with Gasteiger partial charge in [0.2, 0.25) is 6.10 Å². The van der Waals surface area contributed by atoms with Crippen LogP contribution in [0.25, 0.3) is 0 Å². The predicted octanol–water partition coefficient (Wildman–Crippen LogP) is 2.83. The van der Waals surface area contributed by atoms with Gasteiger partial charge in [-0.25, -0.2) is 0 Å². The van der Waals surface area contributed by atoms with Crippen molar-refractivity contribution in [3.63, 3.8) is 0 Å². The maximum absolute atomic E-state index is 12.9. The first-order chi connectivity index (χ1) is 12.0. The largest absolute Gasteiger partial charge is 0.481 e. The molecule has 6 nitrogen and oxygen atoms in total. The Balaban J connectivity index is 2.03. The number of hydrogen-bond acceptors (Lipinski definition) is 4. The van der Waals surface area contributed by atoms with E-state index >= 15 is 0 Å². The number of rotatable bonds is 5. The van der Waals surface area contributed by atoms with Gasteiger partial charge in [-0.2, -0.15) is 0 Å². The minimum Gasteiger partial charge on any atom is -0.481 e. The van der Waals surface area contributed by atoms with Crippen LogP contribution in [-0.4, -0.2) is 29.3 Å². The van der Waals surface area contributed by atoms with Gasteiger partial charge >= 0.3 is 5.97 Å². The second kappa shape index (κ2) is 6.76. The number of carbonyl (C=O) groups is 3. The number of ketones is 1. The number of anilines is 1. The maximum atomic E-state index is 12.9. The summed E-state index contributed by atoms with van der Waals surface area (Å²) < 4.78 is 5.85. The molecule has 1 amide bonds. The van der Waals surface area contributed by atoms with E-state index in [1.54, 1.807) is 30.3 Å². The summed E-state index contributed by atoms with van der Waals surface area (Å²) in [5, 5.41) is 8.98. The lowest BCUT2D eigenvalue weighted by molar-refractivity contribution is -0.136. The molecule has 2 aromatic rings. The summed E-state index contributed by atoms with van der Waals surface area (Å²) in [7, 11) is 0. The standard InChI is InChI=1S/C19H17NO5/c1-12(21)14-7-8-16-15(11-14)20(10-9-17(22)23)19(24)18(25-16)13-5-3-2-4-6-13/h2-8,11,18H,9-10H2,1H3,(H,22,23). The average molecular weight is 339 g/mol. The summed E-state index contributed by atoms with van der Waals surface area (Å²) in [4.78, 5) is 36.9. The van der Waals surface area contributed by atoms with Crippen molar-refractivity contribution in [2.24, 2.45) is 0 Å². The number of fused-ring (bicyclic) bond motifs is 1. The van der Waals surface area contributed by atoms with Crippen molar-refractivity contribution in [2.75, 3.05) is 11.4 Å². The molecule has 0 fully saturated rings. The minimum atomic E-state index is -1.00. The van der Waals surface area contributed by atoms with Crippen LogP contribution in [0.5, 0.6) is 5.75 Å². The van der Waals surface area contributed by atoms with Crippen LogP contribution in [0.1, 0.15) is 35.4 Å². The predicted molar refractivity (Wildman–Crippen MR) is 90.9 cm³/mol. The van der Waals surface area contributed by atoms with E-state index in [0.717, 1.165) is 0 Å². The number of Topliss-reactive ketones (excluding diaryl/α,β-unsaturated/α-hetero) is 1. The van der Waals surface area contributed by atoms with E-state index in [1.807, 2.05) is 18.2 Å². The lowest BCUT2D eigenvalue weighted by Crippen LogP contribution is -2.42. The summed E-state index contributed by atoms with van der Waals surface area (Å²) in [6.45, 7) is 1.44. The van der Waals surface area contributed by atoms with E-state index in [2.05, 4.69) is 0 Å². The van der Waals surface area contributed by atoms with Crippen LogP contribution in [0.2, 0.25) is 0 Å². The van der Waals surface area contributed by atoms with Crippen LogP contribution in [0.15, 0.2) is 48.5 Å². The Morgan fingerprint density at radius 3 is 2.52 bits per heavy atom. The van der Waals surface area contributed by atoms with Gasteiger partial charge in [-0.3, -0.25) is 14.4 Å². The van der Waals surface area contributed by atoms with Gasteiger partial charge in [-0.1, -0.05) is 30.3 Å². The third kappa shape index (κ3) is 3.38. The molecular formula is C19H17NO5. The van der Waals surface area contributed by atoms with Gasteiger partial charge in [0.25, 0.3) is 5.91 Å². The zero-order chi connectivity index (χ0) is 18.0. The Hall–Kier alpha value is -3.15. The molecule has 1 atom stereocenters. The fourth-order valence-corrected chi connectivity index (χ4v) is 2.76. The van der Waals surface area contributed by atoms with Crippen molar-refractivity contribution in [3.8, 4) is 5.75 Å². The van der Waals surface area contributed by atoms with Gasteiger partial charge in [-0.15, -0.1) is 0 Å². The topological polar surface area (TPSA) is 83.9 Å². The Morgan fingerprint density at radius 2 is 1.88 bits per heavy atom. The summed E-state index contributed by atoms with van der Waals surface area (Å²) >= 11 is 0. The zero-order valence-electron chi connectivity index (χ0n) is 13.6. The number of carboxylic acid groups (broad SMARTS) is 1. The van der Waals surface area contributed by atoms with E-state index in [-0.39, 0.29) is 24.7 Å². The Labute approximate surface area is 144 Å². The maximum Gasteiger partial charge on any atom is 0.305 e. The molecule has 128 valence electrons. The van der Waals surface area contributed by atoms with Gasteiger partial charge in [0.15, 0.2) is 5.78 Å². The summed E-state index contributed by atoms with van der Waals surface area (Å²) in [6.07, 6.45) is -1.04. The monoisotopic (exact) mass is 339 g/mol. The number of aliphatic carboxylic acids is 1. The summed E-state index contributed by atoms with van der Waals surface area (Å²) in [5.74, 6) is -1.04. The Morgan fingerprint density at radius 1 is 1.16 bits per heavy atom. The number of nitrogens with zero attached hydrogens (tertiary/aromatic N) is 1. The fraction of sp³-hybridized carbons (Fsp3) is 0.211. The molecule has 0 aliphatic carbocycles. The van der Waals surface area contributed by atoms with E-state index in [4.69, 9.17) is 9.84 Å². The van der Waals surface area contributed by atoms with Crippen LogP contribution in [0.4, 0.5) is 5.69 Å². The molecule has 25 heavy (non-hydrogen) atoms.